The van der Waals surface area contributed by atoms with Gasteiger partial charge in [0.1, 0.15) is 16.5 Å². The molecule has 0 fully saturated rings. The van der Waals surface area contributed by atoms with Gasteiger partial charge in [-0.25, -0.2) is 0 Å². The summed E-state index contributed by atoms with van der Waals surface area (Å²) in [6, 6.07) is 26.1. The number of nitrogens with two attached hydrogens (primary N) is 1. The number of carbonyl (C=O) groups is 1. The van der Waals surface area contributed by atoms with E-state index in [2.05, 4.69) is 11.1 Å². The van der Waals surface area contributed by atoms with E-state index in [-0.39, 0.29) is 11.6 Å². The molecule has 2 heterocycles. The molecule has 0 saturated heterocycles. The predicted octanol–water partition coefficient (Wildman–Crippen LogP) is 4.21. The molecule has 1 aromatic heterocycles. The van der Waals surface area contributed by atoms with E-state index < -0.39 is 11.8 Å². The second kappa shape index (κ2) is 8.27. The zero-order chi connectivity index (χ0) is 21.1. The van der Waals surface area contributed by atoms with Crippen LogP contribution in [0, 0.1) is 17.2 Å². The van der Waals surface area contributed by atoms with Crippen LogP contribution >= 0.6 is 12.2 Å². The van der Waals surface area contributed by atoms with E-state index in [1.807, 2.05) is 60.7 Å². The normalized spacial score (nSPS) is 18.8. The first-order valence-electron chi connectivity index (χ1n) is 9.42. The number of hydrogen-bond acceptors (Lipinski definition) is 5. The van der Waals surface area contributed by atoms with E-state index in [4.69, 9.17) is 18.0 Å². The fourth-order valence-electron chi connectivity index (χ4n) is 3.77. The van der Waals surface area contributed by atoms with E-state index in [0.29, 0.717) is 21.9 Å². The number of nitrogens with zero attached hydrogens (tertiary/aromatic N) is 3. The standard InChI is InChI=1S/C24H18N4OS/c25-15-18-20(16-9-3-1-4-10-16)21(22(29)19-13-7-8-14-27-19)24(30)28(23(18)26)17-11-5-2-6-12-17/h1-14,20-21H,26H2. The number of nitriles is 1. The first-order chi connectivity index (χ1) is 14.6. The summed E-state index contributed by atoms with van der Waals surface area (Å²) in [6.45, 7) is 0. The zero-order valence-electron chi connectivity index (χ0n) is 16.0. The third-order valence-electron chi connectivity index (χ3n) is 5.14. The molecule has 0 bridgehead atoms. The van der Waals surface area contributed by atoms with E-state index >= 15 is 0 Å². The Morgan fingerprint density at radius 2 is 1.63 bits per heavy atom. The lowest BCUT2D eigenvalue weighted by atomic mass is 9.75. The highest BCUT2D eigenvalue weighted by atomic mass is 32.1. The highest BCUT2D eigenvalue weighted by Crippen LogP contribution is 2.42. The van der Waals surface area contributed by atoms with Crippen molar-refractivity contribution in [2.24, 2.45) is 11.7 Å². The van der Waals surface area contributed by atoms with Crippen LogP contribution in [0.5, 0.6) is 0 Å². The number of hydrogen-bond donors (Lipinski definition) is 1. The number of aromatic nitrogens is 1. The van der Waals surface area contributed by atoms with E-state index in [1.54, 1.807) is 29.3 Å². The molecule has 2 N–H and O–H groups in total. The van der Waals surface area contributed by atoms with Gasteiger partial charge in [-0.05, 0) is 29.8 Å². The van der Waals surface area contributed by atoms with E-state index in [9.17, 15) is 10.1 Å². The minimum absolute atomic E-state index is 0.240. The second-order valence-corrected chi connectivity index (χ2v) is 7.28. The van der Waals surface area contributed by atoms with Crippen molar-refractivity contribution in [2.45, 2.75) is 5.92 Å². The van der Waals surface area contributed by atoms with Crippen LogP contribution < -0.4 is 10.6 Å². The molecule has 1 aliphatic rings. The molecule has 2 unspecified atom stereocenters. The summed E-state index contributed by atoms with van der Waals surface area (Å²) in [6.07, 6.45) is 1.57. The van der Waals surface area contributed by atoms with Gasteiger partial charge in [0.15, 0.2) is 5.78 Å². The van der Waals surface area contributed by atoms with Crippen molar-refractivity contribution in [2.75, 3.05) is 4.90 Å². The Bertz CT molecular complexity index is 1150. The van der Waals surface area contributed by atoms with Crippen molar-refractivity contribution in [3.63, 3.8) is 0 Å². The zero-order valence-corrected chi connectivity index (χ0v) is 16.8. The van der Waals surface area contributed by atoms with Gasteiger partial charge in [-0.2, -0.15) is 5.26 Å². The number of allylic oxidation sites excluding steroid dienone is 1. The van der Waals surface area contributed by atoms with Crippen molar-refractivity contribution < 1.29 is 4.79 Å². The average Bonchev–Trinajstić information content (AvgIpc) is 2.80. The van der Waals surface area contributed by atoms with Gasteiger partial charge < -0.3 is 5.73 Å². The molecule has 146 valence electrons. The van der Waals surface area contributed by atoms with Crippen LogP contribution in [0.15, 0.2) is 96.5 Å². The third-order valence-corrected chi connectivity index (χ3v) is 5.58. The van der Waals surface area contributed by atoms with Crippen LogP contribution in [-0.4, -0.2) is 15.8 Å². The summed E-state index contributed by atoms with van der Waals surface area (Å²) in [7, 11) is 0. The number of benzene rings is 2. The lowest BCUT2D eigenvalue weighted by Gasteiger charge is -2.39. The van der Waals surface area contributed by atoms with Gasteiger partial charge in [0.25, 0.3) is 0 Å². The van der Waals surface area contributed by atoms with Gasteiger partial charge in [-0.1, -0.05) is 66.8 Å². The van der Waals surface area contributed by atoms with Gasteiger partial charge in [0, 0.05) is 17.8 Å². The molecule has 6 heteroatoms. The molecule has 0 saturated carbocycles. The fraction of sp³-hybridized carbons (Fsp3) is 0.0833. The van der Waals surface area contributed by atoms with Gasteiger partial charge in [0.2, 0.25) is 0 Å². The monoisotopic (exact) mass is 410 g/mol. The van der Waals surface area contributed by atoms with Crippen molar-refractivity contribution in [3.8, 4) is 6.07 Å². The molecule has 3 aromatic rings. The summed E-state index contributed by atoms with van der Waals surface area (Å²) < 4.78 is 0. The third kappa shape index (κ3) is 3.36. The van der Waals surface area contributed by atoms with E-state index in [0.717, 1.165) is 5.56 Å². The van der Waals surface area contributed by atoms with Gasteiger partial charge in [-0.3, -0.25) is 14.7 Å². The summed E-state index contributed by atoms with van der Waals surface area (Å²) >= 11 is 5.82. The molecule has 0 aliphatic carbocycles. The quantitative estimate of drug-likeness (QED) is 0.513. The molecular weight excluding hydrogens is 392 g/mol. The number of para-hydroxylation sites is 1. The maximum absolute atomic E-state index is 13.6. The minimum Gasteiger partial charge on any atom is -0.384 e. The second-order valence-electron chi connectivity index (χ2n) is 6.87. The smallest absolute Gasteiger partial charge is 0.191 e. The van der Waals surface area contributed by atoms with Crippen molar-refractivity contribution in [3.05, 3.63) is 108 Å². The first kappa shape index (κ1) is 19.5. The first-order valence-corrected chi connectivity index (χ1v) is 9.83. The lowest BCUT2D eigenvalue weighted by molar-refractivity contribution is 0.0940. The Morgan fingerprint density at radius 3 is 2.23 bits per heavy atom. The molecule has 2 aromatic carbocycles. The topological polar surface area (TPSA) is 83.0 Å². The van der Waals surface area contributed by atoms with Crippen molar-refractivity contribution >= 4 is 28.7 Å². The molecule has 2 atom stereocenters. The van der Waals surface area contributed by atoms with Gasteiger partial charge >= 0.3 is 0 Å². The Morgan fingerprint density at radius 1 is 1.00 bits per heavy atom. The van der Waals surface area contributed by atoms with Gasteiger partial charge in [0.05, 0.1) is 17.6 Å². The Balaban J connectivity index is 1.94. The Kier molecular flexibility index (Phi) is 5.38. The lowest BCUT2D eigenvalue weighted by Crippen LogP contribution is -2.48. The number of anilines is 1. The van der Waals surface area contributed by atoms with E-state index in [1.165, 1.54) is 0 Å². The molecule has 0 radical (unpaired) electrons. The van der Waals surface area contributed by atoms with Crippen molar-refractivity contribution in [1.29, 1.82) is 5.26 Å². The molecule has 1 aliphatic heterocycles. The SMILES string of the molecule is N#CC1=C(N)N(c2ccccc2)C(=S)C(C(=O)c2ccccn2)C1c1ccccc1. The number of pyridine rings is 1. The van der Waals surface area contributed by atoms with Crippen LogP contribution in [0.2, 0.25) is 0 Å². The largest absolute Gasteiger partial charge is 0.384 e. The fourth-order valence-corrected chi connectivity index (χ4v) is 4.21. The maximum Gasteiger partial charge on any atom is 0.191 e. The number of carbonyl (C=O) groups excluding carboxylic acids is 1. The molecule has 30 heavy (non-hydrogen) atoms. The highest BCUT2D eigenvalue weighted by molar-refractivity contribution is 7.80. The summed E-state index contributed by atoms with van der Waals surface area (Å²) in [5.74, 6) is -1.37. The number of Topliss-reactive ketones (excluding diaryl/α,β-unsaturated/α-hetero) is 1. The highest BCUT2D eigenvalue weighted by Gasteiger charge is 2.44. The maximum atomic E-state index is 13.6. The Hall–Kier alpha value is -3.82. The summed E-state index contributed by atoms with van der Waals surface area (Å²) in [5.41, 5.74) is 8.58. The molecule has 5 nitrogen and oxygen atoms in total. The van der Waals surface area contributed by atoms with Crippen LogP contribution in [-0.2, 0) is 0 Å². The molecular formula is C24H18N4OS. The van der Waals surface area contributed by atoms with Crippen LogP contribution in [0.4, 0.5) is 5.69 Å². The number of thiocarbonyl (C=S) groups is 1. The molecule has 4 rings (SSSR count). The summed E-state index contributed by atoms with van der Waals surface area (Å²) in [5, 5.41) is 10.0. The molecule has 0 spiro atoms. The number of ketones is 1. The van der Waals surface area contributed by atoms with Crippen LogP contribution in [0.3, 0.4) is 0 Å². The molecule has 0 amide bonds. The van der Waals surface area contributed by atoms with Crippen LogP contribution in [0.25, 0.3) is 0 Å². The van der Waals surface area contributed by atoms with Crippen LogP contribution in [0.1, 0.15) is 22.0 Å². The van der Waals surface area contributed by atoms with Crippen molar-refractivity contribution in [1.82, 2.24) is 4.98 Å². The minimum atomic E-state index is -0.792. The van der Waals surface area contributed by atoms with Gasteiger partial charge in [-0.15, -0.1) is 0 Å². The Labute approximate surface area is 180 Å². The predicted molar refractivity (Wildman–Crippen MR) is 120 cm³/mol. The average molecular weight is 411 g/mol. The summed E-state index contributed by atoms with van der Waals surface area (Å²) in [4.78, 5) is 19.8. The number of rotatable bonds is 4.